The van der Waals surface area contributed by atoms with Crippen LogP contribution in [-0.2, 0) is 9.53 Å². The molecule has 0 saturated carbocycles. The lowest BCUT2D eigenvalue weighted by Crippen LogP contribution is -2.39. The number of piperidine rings is 1. The Morgan fingerprint density at radius 1 is 1.57 bits per heavy atom. The predicted molar refractivity (Wildman–Crippen MR) is 56.0 cm³/mol. The molecule has 0 bridgehead atoms. The minimum Gasteiger partial charge on any atom is -0.465 e. The topological polar surface area (TPSA) is 38.3 Å². The molecule has 0 aromatic rings. The molecule has 0 radical (unpaired) electrons. The Bertz CT molecular complexity index is 192. The maximum atomic E-state index is 11.6. The number of carbonyl (C=O) groups excluding carboxylic acids is 1. The van der Waals surface area contributed by atoms with Crippen LogP contribution < -0.4 is 5.32 Å². The third-order valence-electron chi connectivity index (χ3n) is 2.52. The van der Waals surface area contributed by atoms with E-state index >= 15 is 0 Å². The van der Waals surface area contributed by atoms with Gasteiger partial charge in [0.05, 0.1) is 12.5 Å². The highest BCUT2D eigenvalue weighted by Crippen LogP contribution is 2.17. The van der Waals surface area contributed by atoms with Crippen molar-refractivity contribution in [3.63, 3.8) is 0 Å². The molecule has 0 aromatic carbocycles. The van der Waals surface area contributed by atoms with Crippen molar-refractivity contribution in [2.24, 2.45) is 11.8 Å². The van der Waals surface area contributed by atoms with Crippen molar-refractivity contribution in [1.29, 1.82) is 0 Å². The highest BCUT2D eigenvalue weighted by Gasteiger charge is 2.25. The first-order chi connectivity index (χ1) is 6.59. The van der Waals surface area contributed by atoms with E-state index in [1.165, 1.54) is 0 Å². The summed E-state index contributed by atoms with van der Waals surface area (Å²) in [6.07, 6.45) is 1.83. The van der Waals surface area contributed by atoms with E-state index in [4.69, 9.17) is 4.74 Å². The molecule has 3 nitrogen and oxygen atoms in total. The van der Waals surface area contributed by atoms with Gasteiger partial charge >= 0.3 is 5.97 Å². The number of nitrogens with one attached hydrogen (secondary N) is 1. The fourth-order valence-corrected chi connectivity index (χ4v) is 1.71. The lowest BCUT2D eigenvalue weighted by atomic mass is 9.93. The Kier molecular flexibility index (Phi) is 4.39. The number of hydrogen-bond donors (Lipinski definition) is 1. The first kappa shape index (κ1) is 11.5. The Labute approximate surface area is 86.2 Å². The minimum absolute atomic E-state index is 0.00736. The van der Waals surface area contributed by atoms with E-state index in [9.17, 15) is 4.79 Å². The fraction of sp³-hybridized carbons (Fsp3) is 0.909. The van der Waals surface area contributed by atoms with Gasteiger partial charge in [-0.2, -0.15) is 0 Å². The van der Waals surface area contributed by atoms with Crippen molar-refractivity contribution in [3.8, 4) is 0 Å². The molecular weight excluding hydrogens is 178 g/mol. The largest absolute Gasteiger partial charge is 0.465 e. The maximum absolute atomic E-state index is 11.6. The molecule has 1 aliphatic rings. The smallest absolute Gasteiger partial charge is 0.309 e. The summed E-state index contributed by atoms with van der Waals surface area (Å²) in [6, 6.07) is 0.445. The second-order valence-electron chi connectivity index (χ2n) is 4.60. The Morgan fingerprint density at radius 3 is 2.86 bits per heavy atom. The van der Waals surface area contributed by atoms with Crippen molar-refractivity contribution in [2.45, 2.75) is 39.7 Å². The van der Waals surface area contributed by atoms with Crippen molar-refractivity contribution in [3.05, 3.63) is 0 Å². The number of esters is 1. The van der Waals surface area contributed by atoms with Gasteiger partial charge in [0.15, 0.2) is 0 Å². The fourth-order valence-electron chi connectivity index (χ4n) is 1.71. The first-order valence-electron chi connectivity index (χ1n) is 5.49. The lowest BCUT2D eigenvalue weighted by Gasteiger charge is -2.26. The molecule has 82 valence electrons. The molecule has 1 aliphatic heterocycles. The van der Waals surface area contributed by atoms with E-state index in [0.29, 0.717) is 18.6 Å². The van der Waals surface area contributed by atoms with E-state index in [0.717, 1.165) is 19.4 Å². The highest BCUT2D eigenvalue weighted by atomic mass is 16.5. The Morgan fingerprint density at radius 2 is 2.29 bits per heavy atom. The van der Waals surface area contributed by atoms with Gasteiger partial charge in [-0.15, -0.1) is 0 Å². The van der Waals surface area contributed by atoms with Crippen LogP contribution in [0.3, 0.4) is 0 Å². The van der Waals surface area contributed by atoms with Crippen LogP contribution in [-0.4, -0.2) is 25.2 Å². The molecule has 1 saturated heterocycles. The van der Waals surface area contributed by atoms with Crippen LogP contribution in [0.5, 0.6) is 0 Å². The molecule has 2 atom stereocenters. The third-order valence-corrected chi connectivity index (χ3v) is 2.52. The van der Waals surface area contributed by atoms with Crippen molar-refractivity contribution < 1.29 is 9.53 Å². The van der Waals surface area contributed by atoms with Crippen LogP contribution in [0.15, 0.2) is 0 Å². The molecule has 0 amide bonds. The van der Waals surface area contributed by atoms with Crippen LogP contribution >= 0.6 is 0 Å². The van der Waals surface area contributed by atoms with E-state index in [2.05, 4.69) is 26.1 Å². The zero-order valence-electron chi connectivity index (χ0n) is 9.38. The summed E-state index contributed by atoms with van der Waals surface area (Å²) >= 11 is 0. The van der Waals surface area contributed by atoms with Gasteiger partial charge in [-0.05, 0) is 32.2 Å². The van der Waals surface area contributed by atoms with Crippen LogP contribution in [0.25, 0.3) is 0 Å². The summed E-state index contributed by atoms with van der Waals surface area (Å²) in [5, 5.41) is 3.32. The van der Waals surface area contributed by atoms with Gasteiger partial charge in [0, 0.05) is 6.04 Å². The number of rotatable bonds is 3. The van der Waals surface area contributed by atoms with Crippen LogP contribution in [0.2, 0.25) is 0 Å². The lowest BCUT2D eigenvalue weighted by molar-refractivity contribution is -0.150. The van der Waals surface area contributed by atoms with Gasteiger partial charge in [0.2, 0.25) is 0 Å². The standard InChI is InChI=1S/C11H21NO2/c1-8(2)7-14-11(13)10-4-5-12-9(3)6-10/h8-10,12H,4-7H2,1-3H3. The Hall–Kier alpha value is -0.570. The zero-order chi connectivity index (χ0) is 10.6. The van der Waals surface area contributed by atoms with Crippen LogP contribution in [0, 0.1) is 11.8 Å². The van der Waals surface area contributed by atoms with Gasteiger partial charge in [-0.25, -0.2) is 0 Å². The second-order valence-corrected chi connectivity index (χ2v) is 4.60. The molecule has 0 aliphatic carbocycles. The average Bonchev–Trinajstić information content (AvgIpc) is 2.14. The van der Waals surface area contributed by atoms with E-state index in [1.54, 1.807) is 0 Å². The van der Waals surface area contributed by atoms with Crippen LogP contribution in [0.4, 0.5) is 0 Å². The average molecular weight is 199 g/mol. The summed E-state index contributed by atoms with van der Waals surface area (Å²) in [7, 11) is 0. The highest BCUT2D eigenvalue weighted by molar-refractivity contribution is 5.72. The maximum Gasteiger partial charge on any atom is 0.309 e. The van der Waals surface area contributed by atoms with Crippen molar-refractivity contribution in [2.75, 3.05) is 13.2 Å². The molecule has 1 fully saturated rings. The van der Waals surface area contributed by atoms with Crippen LogP contribution in [0.1, 0.15) is 33.6 Å². The van der Waals surface area contributed by atoms with Gasteiger partial charge in [0.1, 0.15) is 0 Å². The second kappa shape index (κ2) is 5.35. The molecule has 1 N–H and O–H groups in total. The molecular formula is C11H21NO2. The van der Waals surface area contributed by atoms with Gasteiger partial charge < -0.3 is 10.1 Å². The molecule has 2 unspecified atom stereocenters. The summed E-state index contributed by atoms with van der Waals surface area (Å²) < 4.78 is 5.22. The molecule has 14 heavy (non-hydrogen) atoms. The molecule has 3 heteroatoms. The number of hydrogen-bond acceptors (Lipinski definition) is 3. The number of ether oxygens (including phenoxy) is 1. The predicted octanol–water partition coefficient (Wildman–Crippen LogP) is 1.57. The normalized spacial score (nSPS) is 27.7. The van der Waals surface area contributed by atoms with E-state index in [-0.39, 0.29) is 11.9 Å². The molecule has 0 aromatic heterocycles. The Balaban J connectivity index is 2.29. The first-order valence-corrected chi connectivity index (χ1v) is 5.49. The summed E-state index contributed by atoms with van der Waals surface area (Å²) in [5.41, 5.74) is 0. The van der Waals surface area contributed by atoms with E-state index < -0.39 is 0 Å². The van der Waals surface area contributed by atoms with Gasteiger partial charge in [0.25, 0.3) is 0 Å². The monoisotopic (exact) mass is 199 g/mol. The zero-order valence-corrected chi connectivity index (χ0v) is 9.38. The molecule has 1 rings (SSSR count). The van der Waals surface area contributed by atoms with Crippen molar-refractivity contribution in [1.82, 2.24) is 5.32 Å². The minimum atomic E-state index is -0.00736. The molecule has 0 spiro atoms. The van der Waals surface area contributed by atoms with Gasteiger partial charge in [-0.3, -0.25) is 4.79 Å². The summed E-state index contributed by atoms with van der Waals surface area (Å²) in [5.74, 6) is 0.537. The summed E-state index contributed by atoms with van der Waals surface area (Å²) in [6.45, 7) is 7.71. The third kappa shape index (κ3) is 3.66. The quantitative estimate of drug-likeness (QED) is 0.701. The van der Waals surface area contributed by atoms with Crippen molar-refractivity contribution >= 4 is 5.97 Å². The van der Waals surface area contributed by atoms with E-state index in [1.807, 2.05) is 0 Å². The van der Waals surface area contributed by atoms with Gasteiger partial charge in [-0.1, -0.05) is 13.8 Å². The number of carbonyl (C=O) groups is 1. The molecule has 1 heterocycles. The SMILES string of the molecule is CC(C)COC(=O)C1CCNC(C)C1. The summed E-state index contributed by atoms with van der Waals surface area (Å²) in [4.78, 5) is 11.6.